The second kappa shape index (κ2) is 9.43. The number of aliphatic hydroxyl groups excluding tert-OH is 1. The van der Waals surface area contributed by atoms with Gasteiger partial charge in [0.25, 0.3) is 18.8 Å². The van der Waals surface area contributed by atoms with Crippen molar-refractivity contribution in [1.82, 2.24) is 0 Å². The van der Waals surface area contributed by atoms with Crippen molar-refractivity contribution >= 4 is 5.97 Å². The van der Waals surface area contributed by atoms with Crippen molar-refractivity contribution in [2.24, 2.45) is 0 Å². The number of aliphatic hydroxyl groups is 1. The summed E-state index contributed by atoms with van der Waals surface area (Å²) in [6.45, 7) is 3.64. The van der Waals surface area contributed by atoms with Gasteiger partial charge in [-0.2, -0.15) is 5.26 Å². The predicted molar refractivity (Wildman–Crippen MR) is 114 cm³/mol. The Hall–Kier alpha value is -5.00. The number of nitriles is 3. The maximum atomic E-state index is 12.8. The highest BCUT2D eigenvalue weighted by Crippen LogP contribution is 2.48. The minimum Gasteiger partial charge on any atom is -0.443 e. The van der Waals surface area contributed by atoms with Crippen LogP contribution in [-0.2, 0) is 10.3 Å². The summed E-state index contributed by atoms with van der Waals surface area (Å²) < 4.78 is 16.0. The lowest BCUT2D eigenvalue weighted by Gasteiger charge is -2.31. The fourth-order valence-electron chi connectivity index (χ4n) is 3.88. The summed E-state index contributed by atoms with van der Waals surface area (Å²) in [5, 5.41) is 31.4. The maximum Gasteiger partial charge on any atom is 0.340 e. The van der Waals surface area contributed by atoms with E-state index in [-0.39, 0.29) is 0 Å². The predicted octanol–water partition coefficient (Wildman–Crippen LogP) is 4.33. The summed E-state index contributed by atoms with van der Waals surface area (Å²) in [6.07, 6.45) is 4.11. The molecule has 162 valence electrons. The number of carbonyl (C=O) groups is 1. The first-order chi connectivity index (χ1) is 15.9. The molecule has 3 aromatic rings. The van der Waals surface area contributed by atoms with Crippen molar-refractivity contribution in [3.8, 4) is 30.3 Å². The first kappa shape index (κ1) is 22.7. The molecule has 0 atom stereocenters. The molecule has 0 saturated heterocycles. The van der Waals surface area contributed by atoms with E-state index in [1.165, 1.54) is 0 Å². The Morgan fingerprint density at radius 3 is 1.79 bits per heavy atom. The summed E-state index contributed by atoms with van der Waals surface area (Å²) in [6, 6.07) is 17.9. The molecule has 0 amide bonds. The highest BCUT2D eigenvalue weighted by atomic mass is 16.6. The summed E-state index contributed by atoms with van der Waals surface area (Å²) in [5.74, 6) is 0.446. The number of carbonyl (C=O) groups excluding carboxylic acids is 1. The maximum absolute atomic E-state index is 12.8. The van der Waals surface area contributed by atoms with Gasteiger partial charge in [0.2, 0.25) is 0 Å². The molecule has 0 aliphatic carbocycles. The summed E-state index contributed by atoms with van der Waals surface area (Å²) in [4.78, 5) is 12.8. The van der Waals surface area contributed by atoms with Gasteiger partial charge < -0.3 is 19.3 Å². The van der Waals surface area contributed by atoms with Crippen molar-refractivity contribution < 1.29 is 24.1 Å². The molecule has 0 fully saturated rings. The molecule has 4 rings (SSSR count). The summed E-state index contributed by atoms with van der Waals surface area (Å²) in [7, 11) is 0. The number of fused-ring (bicyclic) bond motifs is 1. The van der Waals surface area contributed by atoms with Crippen LogP contribution in [0.4, 0.5) is 0 Å². The van der Waals surface area contributed by atoms with E-state index in [0.717, 1.165) is 34.1 Å². The highest BCUT2D eigenvalue weighted by Gasteiger charge is 2.48. The van der Waals surface area contributed by atoms with Crippen LogP contribution in [0.25, 0.3) is 0 Å². The van der Waals surface area contributed by atoms with Gasteiger partial charge in [-0.15, -0.1) is 10.5 Å². The van der Waals surface area contributed by atoms with Crippen LogP contribution in [0.3, 0.4) is 0 Å². The zero-order chi connectivity index (χ0) is 24.0. The van der Waals surface area contributed by atoms with Gasteiger partial charge in [0, 0.05) is 16.7 Å². The second-order valence-electron chi connectivity index (χ2n) is 7.06. The average Bonchev–Trinajstić information content (AvgIpc) is 3.11. The van der Waals surface area contributed by atoms with Gasteiger partial charge in [0.1, 0.15) is 11.5 Å². The third kappa shape index (κ3) is 3.99. The molecule has 1 N–H and O–H groups in total. The SMILES string of the molecule is Cc1cc(C2(c3ccc(OC#N)c(C)c3)OC(=O)c3ccccc32)ccc1OC#N.N#CO. The first-order valence-electron chi connectivity index (χ1n) is 9.63. The molecule has 1 heterocycles. The highest BCUT2D eigenvalue weighted by molar-refractivity contribution is 5.96. The Morgan fingerprint density at radius 2 is 1.33 bits per heavy atom. The van der Waals surface area contributed by atoms with E-state index in [9.17, 15) is 4.79 Å². The molecule has 0 aromatic heterocycles. The minimum atomic E-state index is -1.18. The number of hydrogen-bond acceptors (Lipinski definition) is 8. The van der Waals surface area contributed by atoms with Gasteiger partial charge in [-0.1, -0.05) is 30.3 Å². The molecule has 0 spiro atoms. The van der Waals surface area contributed by atoms with Gasteiger partial charge in [0.15, 0.2) is 5.60 Å². The van der Waals surface area contributed by atoms with Crippen molar-refractivity contribution in [2.75, 3.05) is 0 Å². The van der Waals surface area contributed by atoms with Crippen LogP contribution in [0, 0.1) is 48.4 Å². The van der Waals surface area contributed by atoms with E-state index in [4.69, 9.17) is 35.1 Å². The van der Waals surface area contributed by atoms with E-state index in [1.807, 2.05) is 38.1 Å². The fraction of sp³-hybridized carbons (Fsp3) is 0.120. The normalized spacial score (nSPS) is 12.5. The number of nitrogens with zero attached hydrogens (tertiary/aromatic N) is 3. The summed E-state index contributed by atoms with van der Waals surface area (Å²) >= 11 is 0. The Kier molecular flexibility index (Phi) is 6.48. The number of aryl methyl sites for hydroxylation is 2. The number of benzene rings is 3. The molecular weight excluding hydrogens is 422 g/mol. The lowest BCUT2D eigenvalue weighted by molar-refractivity contribution is 0.0251. The molecule has 0 unspecified atom stereocenters. The number of cyclic esters (lactones) is 1. The number of esters is 1. The zero-order valence-electron chi connectivity index (χ0n) is 17.7. The van der Waals surface area contributed by atoms with Crippen LogP contribution in [0.1, 0.15) is 38.2 Å². The van der Waals surface area contributed by atoms with Gasteiger partial charge in [-0.3, -0.25) is 0 Å². The molecule has 0 radical (unpaired) electrons. The Balaban J connectivity index is 0.000000968. The number of rotatable bonds is 4. The van der Waals surface area contributed by atoms with Gasteiger partial charge in [0.05, 0.1) is 5.56 Å². The third-order valence-corrected chi connectivity index (χ3v) is 5.25. The Labute approximate surface area is 190 Å². The van der Waals surface area contributed by atoms with Crippen LogP contribution in [0.15, 0.2) is 60.7 Å². The molecule has 0 bridgehead atoms. The molecule has 8 nitrogen and oxygen atoms in total. The van der Waals surface area contributed by atoms with E-state index < -0.39 is 11.6 Å². The monoisotopic (exact) mass is 439 g/mol. The van der Waals surface area contributed by atoms with Crippen molar-refractivity contribution in [1.29, 1.82) is 15.8 Å². The smallest absolute Gasteiger partial charge is 0.340 e. The Bertz CT molecular complexity index is 1280. The standard InChI is InChI=1S/C24H16N2O4.CHNO/c1-15-11-17(7-9-21(15)28-13-25)24(18-8-10-22(29-14-26)16(2)12-18)20-6-4-3-5-19(20)23(27)30-24;2-1-3/h3-12H,1-2H3;3H. The van der Waals surface area contributed by atoms with Crippen LogP contribution < -0.4 is 9.47 Å². The van der Waals surface area contributed by atoms with Crippen LogP contribution in [0.5, 0.6) is 11.5 Å². The van der Waals surface area contributed by atoms with Crippen molar-refractivity contribution in [2.45, 2.75) is 19.4 Å². The molecule has 0 saturated carbocycles. The molecule has 1 aliphatic heterocycles. The molecule has 8 heteroatoms. The van der Waals surface area contributed by atoms with E-state index >= 15 is 0 Å². The zero-order valence-corrected chi connectivity index (χ0v) is 17.7. The second-order valence-corrected chi connectivity index (χ2v) is 7.06. The van der Waals surface area contributed by atoms with Crippen LogP contribution in [-0.4, -0.2) is 11.1 Å². The largest absolute Gasteiger partial charge is 0.443 e. The van der Waals surface area contributed by atoms with E-state index in [1.54, 1.807) is 48.9 Å². The Morgan fingerprint density at radius 1 is 0.848 bits per heavy atom. The average molecular weight is 439 g/mol. The summed E-state index contributed by atoms with van der Waals surface area (Å²) in [5.41, 5.74) is 2.93. The van der Waals surface area contributed by atoms with Gasteiger partial charge in [-0.25, -0.2) is 4.79 Å². The van der Waals surface area contributed by atoms with Gasteiger partial charge >= 0.3 is 5.97 Å². The van der Waals surface area contributed by atoms with Crippen LogP contribution in [0.2, 0.25) is 0 Å². The molecule has 3 aromatic carbocycles. The van der Waals surface area contributed by atoms with E-state index in [0.29, 0.717) is 17.1 Å². The van der Waals surface area contributed by atoms with Gasteiger partial charge in [-0.05, 0) is 55.3 Å². The molecule has 1 aliphatic rings. The van der Waals surface area contributed by atoms with E-state index in [2.05, 4.69) is 0 Å². The fourth-order valence-corrected chi connectivity index (χ4v) is 3.88. The van der Waals surface area contributed by atoms with Crippen molar-refractivity contribution in [3.05, 3.63) is 94.0 Å². The minimum absolute atomic E-state index is 0.421. The molecule has 33 heavy (non-hydrogen) atoms. The topological polar surface area (TPSA) is 136 Å². The lowest BCUT2D eigenvalue weighted by Crippen LogP contribution is -2.29. The van der Waals surface area contributed by atoms with Crippen LogP contribution >= 0.6 is 0 Å². The first-order valence-corrected chi connectivity index (χ1v) is 9.63. The van der Waals surface area contributed by atoms with Crippen molar-refractivity contribution in [3.63, 3.8) is 0 Å². The molecular formula is C25H17N3O5. The number of ether oxygens (including phenoxy) is 3. The third-order valence-electron chi connectivity index (χ3n) is 5.25. The quantitative estimate of drug-likeness (QED) is 0.469. The lowest BCUT2D eigenvalue weighted by atomic mass is 9.79. The number of hydrogen-bond donors (Lipinski definition) is 1.